The predicted molar refractivity (Wildman–Crippen MR) is 61.4 cm³/mol. The maximum Gasteiger partial charge on any atom is 0.330 e. The maximum atomic E-state index is 13.1. The molecule has 106 valence electrons. The number of carbonyl (C=O) groups is 2. The van der Waals surface area contributed by atoms with Crippen LogP contribution in [0.15, 0.2) is 0 Å². The van der Waals surface area contributed by atoms with Gasteiger partial charge < -0.3 is 9.84 Å². The number of esters is 1. The van der Waals surface area contributed by atoms with Gasteiger partial charge in [0.2, 0.25) is 5.41 Å². The first-order valence-corrected chi connectivity index (χ1v) is 5.68. The first kappa shape index (κ1) is 16.8. The molecule has 1 atom stereocenters. The highest BCUT2D eigenvalue weighted by Crippen LogP contribution is 2.36. The van der Waals surface area contributed by atoms with E-state index in [1.165, 1.54) is 20.8 Å². The Morgan fingerprint density at radius 3 is 1.89 bits per heavy atom. The van der Waals surface area contributed by atoms with Crippen molar-refractivity contribution in [3.05, 3.63) is 0 Å². The number of hydrogen-bond donors (Lipinski definition) is 1. The van der Waals surface area contributed by atoms with E-state index in [2.05, 4.69) is 0 Å². The molecule has 0 saturated carbocycles. The highest BCUT2D eigenvalue weighted by Gasteiger charge is 2.56. The van der Waals surface area contributed by atoms with E-state index in [9.17, 15) is 18.4 Å². The van der Waals surface area contributed by atoms with Crippen LogP contribution in [0.2, 0.25) is 0 Å². The number of aliphatic carboxylic acids is 1. The Bertz CT molecular complexity index is 321. The summed E-state index contributed by atoms with van der Waals surface area (Å²) in [6.07, 6.45) is -3.78. The number of ether oxygens (including phenoxy) is 1. The van der Waals surface area contributed by atoms with E-state index >= 15 is 0 Å². The van der Waals surface area contributed by atoms with E-state index in [0.717, 1.165) is 0 Å². The van der Waals surface area contributed by atoms with Crippen LogP contribution >= 0.6 is 0 Å². The number of carboxylic acids is 1. The third-order valence-electron chi connectivity index (χ3n) is 2.25. The zero-order valence-corrected chi connectivity index (χ0v) is 11.3. The van der Waals surface area contributed by atoms with Crippen molar-refractivity contribution in [1.29, 1.82) is 0 Å². The predicted octanol–water partition coefficient (Wildman–Crippen LogP) is 2.71. The molecular formula is C12H20F2O4. The van der Waals surface area contributed by atoms with Gasteiger partial charge in [0.25, 0.3) is 6.43 Å². The highest BCUT2D eigenvalue weighted by atomic mass is 19.3. The van der Waals surface area contributed by atoms with Crippen molar-refractivity contribution in [2.24, 2.45) is 11.3 Å². The summed E-state index contributed by atoms with van der Waals surface area (Å²) in [5.74, 6) is -3.60. The van der Waals surface area contributed by atoms with E-state index in [0.29, 0.717) is 0 Å². The van der Waals surface area contributed by atoms with Crippen molar-refractivity contribution in [3.8, 4) is 0 Å². The lowest BCUT2D eigenvalue weighted by atomic mass is 9.80. The van der Waals surface area contributed by atoms with E-state index in [1.807, 2.05) is 0 Å². The minimum Gasteiger partial charge on any atom is -0.480 e. The summed E-state index contributed by atoms with van der Waals surface area (Å²) < 4.78 is 31.0. The van der Waals surface area contributed by atoms with Gasteiger partial charge in [-0.1, -0.05) is 13.8 Å². The van der Waals surface area contributed by atoms with E-state index < -0.39 is 35.8 Å². The van der Waals surface area contributed by atoms with Crippen LogP contribution in [0, 0.1) is 11.3 Å². The highest BCUT2D eigenvalue weighted by molar-refractivity contribution is 5.99. The Morgan fingerprint density at radius 1 is 1.22 bits per heavy atom. The lowest BCUT2D eigenvalue weighted by molar-refractivity contribution is -0.190. The van der Waals surface area contributed by atoms with Gasteiger partial charge in [-0.05, 0) is 33.1 Å². The van der Waals surface area contributed by atoms with Crippen LogP contribution in [0.3, 0.4) is 0 Å². The molecule has 0 heterocycles. The second kappa shape index (κ2) is 5.63. The molecule has 0 aliphatic rings. The zero-order chi connectivity index (χ0) is 14.7. The molecule has 6 heteroatoms. The summed E-state index contributed by atoms with van der Waals surface area (Å²) in [6.45, 7) is 7.64. The average molecular weight is 266 g/mol. The van der Waals surface area contributed by atoms with Gasteiger partial charge in [-0.2, -0.15) is 0 Å². The number of rotatable bonds is 5. The molecule has 0 aliphatic heterocycles. The monoisotopic (exact) mass is 266 g/mol. The van der Waals surface area contributed by atoms with E-state index in [-0.39, 0.29) is 5.92 Å². The largest absolute Gasteiger partial charge is 0.480 e. The van der Waals surface area contributed by atoms with Gasteiger partial charge in [0.1, 0.15) is 5.60 Å². The van der Waals surface area contributed by atoms with Crippen LogP contribution in [0.5, 0.6) is 0 Å². The van der Waals surface area contributed by atoms with E-state index in [1.54, 1.807) is 13.8 Å². The van der Waals surface area contributed by atoms with Crippen molar-refractivity contribution >= 4 is 11.9 Å². The van der Waals surface area contributed by atoms with Gasteiger partial charge in [0.15, 0.2) is 0 Å². The van der Waals surface area contributed by atoms with E-state index in [4.69, 9.17) is 9.84 Å². The molecule has 0 radical (unpaired) electrons. The van der Waals surface area contributed by atoms with Gasteiger partial charge in [-0.15, -0.1) is 0 Å². The van der Waals surface area contributed by atoms with Gasteiger partial charge in [-0.3, -0.25) is 9.59 Å². The number of hydrogen-bond acceptors (Lipinski definition) is 3. The first-order chi connectivity index (χ1) is 7.93. The molecule has 0 aliphatic carbocycles. The Hall–Kier alpha value is -1.20. The number of carboxylic acid groups (broad SMARTS) is 1. The fourth-order valence-electron chi connectivity index (χ4n) is 1.54. The molecule has 0 saturated heterocycles. The summed E-state index contributed by atoms with van der Waals surface area (Å²) in [4.78, 5) is 23.0. The second-order valence-electron chi connectivity index (χ2n) is 5.68. The third kappa shape index (κ3) is 3.92. The summed E-state index contributed by atoms with van der Waals surface area (Å²) in [5.41, 5.74) is -3.80. The van der Waals surface area contributed by atoms with Crippen molar-refractivity contribution in [1.82, 2.24) is 0 Å². The summed E-state index contributed by atoms with van der Waals surface area (Å²) in [7, 11) is 0. The molecule has 1 unspecified atom stereocenters. The van der Waals surface area contributed by atoms with Gasteiger partial charge in [-0.25, -0.2) is 8.78 Å². The Kier molecular flexibility index (Phi) is 5.25. The molecular weight excluding hydrogens is 246 g/mol. The van der Waals surface area contributed by atoms with Crippen molar-refractivity contribution in [2.45, 2.75) is 53.1 Å². The number of carbonyl (C=O) groups excluding carboxylic acids is 1. The minimum atomic E-state index is -3.31. The fraction of sp³-hybridized carbons (Fsp3) is 0.833. The van der Waals surface area contributed by atoms with Crippen molar-refractivity contribution < 1.29 is 28.2 Å². The Labute approximate surface area is 105 Å². The molecule has 0 aromatic carbocycles. The fourth-order valence-corrected chi connectivity index (χ4v) is 1.54. The Morgan fingerprint density at radius 2 is 1.67 bits per heavy atom. The summed E-state index contributed by atoms with van der Waals surface area (Å²) in [6, 6.07) is 0. The van der Waals surface area contributed by atoms with Crippen LogP contribution in [-0.2, 0) is 14.3 Å². The molecule has 0 rings (SSSR count). The SMILES string of the molecule is CC(C)CC(C(=O)O)(C(=O)OC(C)(C)C)C(F)F. The lowest BCUT2D eigenvalue weighted by Gasteiger charge is -2.31. The Balaban J connectivity index is 5.43. The minimum absolute atomic E-state index is 0.373. The summed E-state index contributed by atoms with van der Waals surface area (Å²) in [5, 5.41) is 9.03. The van der Waals surface area contributed by atoms with Crippen LogP contribution in [-0.4, -0.2) is 29.1 Å². The van der Waals surface area contributed by atoms with Gasteiger partial charge in [0.05, 0.1) is 0 Å². The second-order valence-corrected chi connectivity index (χ2v) is 5.68. The molecule has 0 amide bonds. The van der Waals surface area contributed by atoms with Crippen molar-refractivity contribution in [2.75, 3.05) is 0 Å². The topological polar surface area (TPSA) is 63.6 Å². The standard InChI is InChI=1S/C12H20F2O4/c1-7(2)6-12(8(13)14,9(15)16)10(17)18-11(3,4)5/h7-8H,6H2,1-5H3,(H,15,16). The number of alkyl halides is 2. The zero-order valence-electron chi connectivity index (χ0n) is 11.3. The molecule has 0 spiro atoms. The smallest absolute Gasteiger partial charge is 0.330 e. The molecule has 0 aromatic heterocycles. The number of halogens is 2. The lowest BCUT2D eigenvalue weighted by Crippen LogP contribution is -2.49. The van der Waals surface area contributed by atoms with Crippen LogP contribution in [0.4, 0.5) is 8.78 Å². The molecule has 4 nitrogen and oxygen atoms in total. The van der Waals surface area contributed by atoms with Crippen LogP contribution in [0.1, 0.15) is 41.0 Å². The van der Waals surface area contributed by atoms with Crippen LogP contribution in [0.25, 0.3) is 0 Å². The molecule has 0 bridgehead atoms. The molecule has 18 heavy (non-hydrogen) atoms. The van der Waals surface area contributed by atoms with Crippen LogP contribution < -0.4 is 0 Å². The van der Waals surface area contributed by atoms with Crippen molar-refractivity contribution in [3.63, 3.8) is 0 Å². The third-order valence-corrected chi connectivity index (χ3v) is 2.25. The normalized spacial score (nSPS) is 15.6. The summed E-state index contributed by atoms with van der Waals surface area (Å²) >= 11 is 0. The van der Waals surface area contributed by atoms with Gasteiger partial charge >= 0.3 is 11.9 Å². The quantitative estimate of drug-likeness (QED) is 0.614. The average Bonchev–Trinajstić information content (AvgIpc) is 2.09. The first-order valence-electron chi connectivity index (χ1n) is 5.68. The maximum absolute atomic E-state index is 13.1. The molecule has 0 fully saturated rings. The van der Waals surface area contributed by atoms with Gasteiger partial charge in [0, 0.05) is 0 Å². The molecule has 1 N–H and O–H groups in total. The molecule has 0 aromatic rings.